The van der Waals surface area contributed by atoms with Crippen LogP contribution in [0.25, 0.3) is 0 Å². The zero-order chi connectivity index (χ0) is 15.4. The van der Waals surface area contributed by atoms with E-state index in [2.05, 4.69) is 18.9 Å². The van der Waals surface area contributed by atoms with Crippen molar-refractivity contribution in [2.45, 2.75) is 58.5 Å². The number of carbonyl (C=O) groups is 1. The fraction of sp³-hybridized carbons (Fsp3) is 0.733. The molecule has 0 aromatic carbocycles. The van der Waals surface area contributed by atoms with Crippen molar-refractivity contribution in [1.29, 1.82) is 0 Å². The van der Waals surface area contributed by atoms with Gasteiger partial charge < -0.3 is 14.2 Å². The number of nitrogens with zero attached hydrogens (tertiary/aromatic N) is 2. The molecule has 0 saturated carbocycles. The standard InChI is InChI=1S/C15H24N2O4/c1-5-19-15(18)13-8-16-17(4)14(13)9-20-12-6-10(2)21-11(3)7-12/h8,10-12H,5-7,9H2,1-4H3. The molecule has 21 heavy (non-hydrogen) atoms. The number of aromatic nitrogens is 2. The minimum atomic E-state index is -0.349. The number of hydrogen-bond acceptors (Lipinski definition) is 5. The van der Waals surface area contributed by atoms with Crippen molar-refractivity contribution < 1.29 is 19.0 Å². The number of esters is 1. The highest BCUT2D eigenvalue weighted by atomic mass is 16.5. The Bertz CT molecular complexity index is 476. The molecule has 1 saturated heterocycles. The third kappa shape index (κ3) is 4.04. The van der Waals surface area contributed by atoms with Crippen LogP contribution < -0.4 is 0 Å². The van der Waals surface area contributed by atoms with Gasteiger partial charge in [0.2, 0.25) is 0 Å². The summed E-state index contributed by atoms with van der Waals surface area (Å²) in [6.45, 7) is 6.60. The van der Waals surface area contributed by atoms with Gasteiger partial charge in [-0.3, -0.25) is 4.68 Å². The number of aryl methyl sites for hydroxylation is 1. The second-order valence-electron chi connectivity index (χ2n) is 5.51. The molecule has 0 radical (unpaired) electrons. The SMILES string of the molecule is CCOC(=O)c1cnn(C)c1COC1CC(C)OC(C)C1. The summed E-state index contributed by atoms with van der Waals surface area (Å²) in [6.07, 6.45) is 3.83. The van der Waals surface area contributed by atoms with E-state index >= 15 is 0 Å². The molecule has 1 aromatic rings. The average Bonchev–Trinajstić information content (AvgIpc) is 2.77. The van der Waals surface area contributed by atoms with E-state index in [1.165, 1.54) is 6.20 Å². The van der Waals surface area contributed by atoms with Gasteiger partial charge in [-0.05, 0) is 33.6 Å². The fourth-order valence-electron chi connectivity index (χ4n) is 2.69. The van der Waals surface area contributed by atoms with Crippen molar-refractivity contribution in [2.75, 3.05) is 6.61 Å². The van der Waals surface area contributed by atoms with Gasteiger partial charge in [-0.1, -0.05) is 0 Å². The Morgan fingerprint density at radius 3 is 2.71 bits per heavy atom. The Hall–Kier alpha value is -1.40. The molecule has 2 heterocycles. The van der Waals surface area contributed by atoms with Crippen molar-refractivity contribution in [3.8, 4) is 0 Å². The van der Waals surface area contributed by atoms with E-state index in [0.717, 1.165) is 18.5 Å². The largest absolute Gasteiger partial charge is 0.462 e. The molecule has 1 aliphatic rings. The smallest absolute Gasteiger partial charge is 0.341 e. The van der Waals surface area contributed by atoms with Crippen LogP contribution in [-0.4, -0.2) is 40.7 Å². The maximum absolute atomic E-state index is 11.9. The van der Waals surface area contributed by atoms with Crippen LogP contribution in [0.3, 0.4) is 0 Å². The maximum atomic E-state index is 11.9. The number of ether oxygens (including phenoxy) is 3. The third-order valence-electron chi connectivity index (χ3n) is 3.67. The zero-order valence-electron chi connectivity index (χ0n) is 13.2. The first-order chi connectivity index (χ1) is 10.0. The molecule has 1 fully saturated rings. The first kappa shape index (κ1) is 16.0. The molecular weight excluding hydrogens is 272 g/mol. The Kier molecular flexibility index (Phi) is 5.36. The average molecular weight is 296 g/mol. The van der Waals surface area contributed by atoms with E-state index < -0.39 is 0 Å². The van der Waals surface area contributed by atoms with Gasteiger partial charge in [-0.25, -0.2) is 4.79 Å². The van der Waals surface area contributed by atoms with Crippen LogP contribution in [0.1, 0.15) is 49.7 Å². The van der Waals surface area contributed by atoms with Crippen molar-refractivity contribution in [3.63, 3.8) is 0 Å². The molecule has 1 aliphatic heterocycles. The van der Waals surface area contributed by atoms with E-state index in [0.29, 0.717) is 18.8 Å². The van der Waals surface area contributed by atoms with Crippen LogP contribution in [0, 0.1) is 0 Å². The Morgan fingerprint density at radius 1 is 1.43 bits per heavy atom. The highest BCUT2D eigenvalue weighted by Gasteiger charge is 2.26. The van der Waals surface area contributed by atoms with Gasteiger partial charge in [0.25, 0.3) is 0 Å². The van der Waals surface area contributed by atoms with E-state index in [-0.39, 0.29) is 24.3 Å². The summed E-state index contributed by atoms with van der Waals surface area (Å²) in [5.41, 5.74) is 1.23. The summed E-state index contributed by atoms with van der Waals surface area (Å²) >= 11 is 0. The highest BCUT2D eigenvalue weighted by molar-refractivity contribution is 5.90. The highest BCUT2D eigenvalue weighted by Crippen LogP contribution is 2.23. The molecule has 2 rings (SSSR count). The molecule has 0 bridgehead atoms. The molecule has 0 spiro atoms. The van der Waals surface area contributed by atoms with E-state index in [1.54, 1.807) is 18.7 Å². The van der Waals surface area contributed by atoms with E-state index in [9.17, 15) is 4.79 Å². The molecule has 2 atom stereocenters. The first-order valence-electron chi connectivity index (χ1n) is 7.46. The minimum Gasteiger partial charge on any atom is -0.462 e. The van der Waals surface area contributed by atoms with Crippen LogP contribution in [0.5, 0.6) is 0 Å². The van der Waals surface area contributed by atoms with Gasteiger partial charge in [0.1, 0.15) is 5.56 Å². The van der Waals surface area contributed by atoms with Crippen molar-refractivity contribution in [2.24, 2.45) is 7.05 Å². The Morgan fingerprint density at radius 2 is 2.10 bits per heavy atom. The van der Waals surface area contributed by atoms with Gasteiger partial charge in [0.15, 0.2) is 0 Å². The monoisotopic (exact) mass is 296 g/mol. The molecule has 0 amide bonds. The molecule has 0 N–H and O–H groups in total. The first-order valence-corrected chi connectivity index (χ1v) is 7.46. The number of carbonyl (C=O) groups excluding carboxylic acids is 1. The van der Waals surface area contributed by atoms with Gasteiger partial charge in [0, 0.05) is 7.05 Å². The summed E-state index contributed by atoms with van der Waals surface area (Å²) in [4.78, 5) is 11.9. The summed E-state index contributed by atoms with van der Waals surface area (Å²) < 4.78 is 18.4. The lowest BCUT2D eigenvalue weighted by Crippen LogP contribution is -2.34. The molecule has 2 unspecified atom stereocenters. The molecular formula is C15H24N2O4. The van der Waals surface area contributed by atoms with Crippen LogP contribution in [-0.2, 0) is 27.9 Å². The summed E-state index contributed by atoms with van der Waals surface area (Å²) in [7, 11) is 1.80. The molecule has 6 heteroatoms. The molecule has 0 aliphatic carbocycles. The van der Waals surface area contributed by atoms with Gasteiger partial charge in [0.05, 0.1) is 43.4 Å². The number of rotatable bonds is 5. The summed E-state index contributed by atoms with van der Waals surface area (Å²) in [6, 6.07) is 0. The quantitative estimate of drug-likeness (QED) is 0.778. The van der Waals surface area contributed by atoms with Gasteiger partial charge >= 0.3 is 5.97 Å². The Balaban J connectivity index is 1.99. The second kappa shape index (κ2) is 7.04. The maximum Gasteiger partial charge on any atom is 0.341 e. The summed E-state index contributed by atoms with van der Waals surface area (Å²) in [5, 5.41) is 4.12. The van der Waals surface area contributed by atoms with Crippen LogP contribution in [0.4, 0.5) is 0 Å². The second-order valence-corrected chi connectivity index (χ2v) is 5.51. The van der Waals surface area contributed by atoms with Crippen LogP contribution in [0.2, 0.25) is 0 Å². The molecule has 1 aromatic heterocycles. The summed E-state index contributed by atoms with van der Waals surface area (Å²) in [5.74, 6) is -0.349. The number of hydrogen-bond donors (Lipinski definition) is 0. The van der Waals surface area contributed by atoms with Crippen molar-refractivity contribution in [1.82, 2.24) is 9.78 Å². The Labute approximate surface area is 125 Å². The predicted molar refractivity (Wildman–Crippen MR) is 77.0 cm³/mol. The normalized spacial score (nSPS) is 25.8. The zero-order valence-corrected chi connectivity index (χ0v) is 13.2. The van der Waals surface area contributed by atoms with Gasteiger partial charge in [-0.2, -0.15) is 5.10 Å². The van der Waals surface area contributed by atoms with E-state index in [1.807, 2.05) is 0 Å². The molecule has 6 nitrogen and oxygen atoms in total. The topological polar surface area (TPSA) is 62.6 Å². The minimum absolute atomic E-state index is 0.147. The van der Waals surface area contributed by atoms with E-state index in [4.69, 9.17) is 14.2 Å². The lowest BCUT2D eigenvalue weighted by Gasteiger charge is -2.32. The van der Waals surface area contributed by atoms with Crippen molar-refractivity contribution in [3.05, 3.63) is 17.5 Å². The molecule has 118 valence electrons. The third-order valence-corrected chi connectivity index (χ3v) is 3.67. The van der Waals surface area contributed by atoms with Crippen molar-refractivity contribution >= 4 is 5.97 Å². The lowest BCUT2D eigenvalue weighted by molar-refractivity contribution is -0.106. The lowest BCUT2D eigenvalue weighted by atomic mass is 10.0. The predicted octanol–water partition coefficient (Wildman–Crippen LogP) is 2.07. The van der Waals surface area contributed by atoms with Crippen LogP contribution >= 0.6 is 0 Å². The van der Waals surface area contributed by atoms with Crippen LogP contribution in [0.15, 0.2) is 6.20 Å². The fourth-order valence-corrected chi connectivity index (χ4v) is 2.69. The van der Waals surface area contributed by atoms with Gasteiger partial charge in [-0.15, -0.1) is 0 Å².